The Labute approximate surface area is 152 Å². The van der Waals surface area contributed by atoms with Crippen molar-refractivity contribution in [2.75, 3.05) is 28.4 Å². The van der Waals surface area contributed by atoms with Crippen molar-refractivity contribution in [3.63, 3.8) is 0 Å². The minimum Gasteiger partial charge on any atom is -0.497 e. The first kappa shape index (κ1) is 19.1. The molecule has 26 heavy (non-hydrogen) atoms. The molecular weight excluding hydrogens is 336 g/mol. The van der Waals surface area contributed by atoms with Crippen molar-refractivity contribution in [1.82, 2.24) is 5.43 Å². The zero-order valence-corrected chi connectivity index (χ0v) is 15.5. The second kappa shape index (κ2) is 8.75. The fourth-order valence-electron chi connectivity index (χ4n) is 2.30. The number of nitrogens with zero attached hydrogens (tertiary/aromatic N) is 1. The molecule has 0 spiro atoms. The number of hydrogen-bond donors (Lipinski definition) is 1. The maximum absolute atomic E-state index is 12.4. The van der Waals surface area contributed by atoms with Crippen molar-refractivity contribution >= 4 is 11.6 Å². The van der Waals surface area contributed by atoms with E-state index in [2.05, 4.69) is 10.5 Å². The summed E-state index contributed by atoms with van der Waals surface area (Å²) in [4.78, 5) is 12.4. The smallest absolute Gasteiger partial charge is 0.271 e. The predicted octanol–water partition coefficient (Wildman–Crippen LogP) is 2.88. The molecule has 1 amide bonds. The van der Waals surface area contributed by atoms with E-state index >= 15 is 0 Å². The average molecular weight is 358 g/mol. The summed E-state index contributed by atoms with van der Waals surface area (Å²) >= 11 is 0. The third-order valence-electron chi connectivity index (χ3n) is 3.74. The van der Waals surface area contributed by atoms with Gasteiger partial charge in [0.2, 0.25) is 0 Å². The van der Waals surface area contributed by atoms with Crippen LogP contribution >= 0.6 is 0 Å². The van der Waals surface area contributed by atoms with Gasteiger partial charge in [0.15, 0.2) is 0 Å². The van der Waals surface area contributed by atoms with Gasteiger partial charge in [0.05, 0.1) is 34.2 Å². The molecule has 0 atom stereocenters. The molecular formula is C19H22N2O5. The lowest BCUT2D eigenvalue weighted by Gasteiger charge is -2.11. The first-order chi connectivity index (χ1) is 12.5. The third kappa shape index (κ3) is 4.44. The van der Waals surface area contributed by atoms with Gasteiger partial charge in [0.1, 0.15) is 23.0 Å². The largest absolute Gasteiger partial charge is 0.497 e. The number of carbonyl (C=O) groups excluding carboxylic acids is 1. The van der Waals surface area contributed by atoms with Crippen LogP contribution in [0.15, 0.2) is 41.5 Å². The number of amides is 1. The summed E-state index contributed by atoms with van der Waals surface area (Å²) in [5, 5.41) is 4.16. The van der Waals surface area contributed by atoms with Crippen LogP contribution < -0.4 is 24.4 Å². The van der Waals surface area contributed by atoms with Crippen LogP contribution in [0.25, 0.3) is 0 Å². The van der Waals surface area contributed by atoms with Crippen LogP contribution in [-0.4, -0.2) is 40.1 Å². The van der Waals surface area contributed by atoms with Gasteiger partial charge in [-0.05, 0) is 31.2 Å². The van der Waals surface area contributed by atoms with Gasteiger partial charge in [-0.3, -0.25) is 4.79 Å². The van der Waals surface area contributed by atoms with Crippen molar-refractivity contribution in [2.45, 2.75) is 6.92 Å². The van der Waals surface area contributed by atoms with Crippen molar-refractivity contribution in [2.24, 2.45) is 5.10 Å². The predicted molar refractivity (Wildman–Crippen MR) is 98.8 cm³/mol. The van der Waals surface area contributed by atoms with E-state index in [1.54, 1.807) is 51.5 Å². The molecule has 0 heterocycles. The van der Waals surface area contributed by atoms with E-state index in [0.717, 1.165) is 5.56 Å². The van der Waals surface area contributed by atoms with Crippen molar-refractivity contribution < 1.29 is 23.7 Å². The van der Waals surface area contributed by atoms with E-state index in [-0.39, 0.29) is 5.91 Å². The first-order valence-corrected chi connectivity index (χ1v) is 7.82. The lowest BCUT2D eigenvalue weighted by atomic mass is 10.1. The van der Waals surface area contributed by atoms with Gasteiger partial charge in [-0.25, -0.2) is 5.43 Å². The molecule has 0 bridgehead atoms. The minimum atomic E-state index is -0.381. The second-order valence-electron chi connectivity index (χ2n) is 5.31. The van der Waals surface area contributed by atoms with Crippen LogP contribution in [0.1, 0.15) is 22.8 Å². The maximum Gasteiger partial charge on any atom is 0.271 e. The molecule has 0 fully saturated rings. The summed E-state index contributed by atoms with van der Waals surface area (Å²) in [6.07, 6.45) is 0. The molecule has 0 unspecified atom stereocenters. The van der Waals surface area contributed by atoms with E-state index < -0.39 is 0 Å². The maximum atomic E-state index is 12.4. The Balaban J connectivity index is 2.22. The van der Waals surface area contributed by atoms with Crippen LogP contribution in [0.4, 0.5) is 0 Å². The van der Waals surface area contributed by atoms with E-state index in [9.17, 15) is 4.79 Å². The lowest BCUT2D eigenvalue weighted by molar-refractivity contribution is 0.0954. The molecule has 1 N–H and O–H groups in total. The highest BCUT2D eigenvalue weighted by Gasteiger charge is 2.11. The molecule has 0 radical (unpaired) electrons. The van der Waals surface area contributed by atoms with Gasteiger partial charge >= 0.3 is 0 Å². The molecule has 0 aliphatic carbocycles. The second-order valence-corrected chi connectivity index (χ2v) is 5.31. The highest BCUT2D eigenvalue weighted by Crippen LogP contribution is 2.25. The Hall–Kier alpha value is -3.22. The zero-order valence-electron chi connectivity index (χ0n) is 15.5. The van der Waals surface area contributed by atoms with Crippen LogP contribution in [-0.2, 0) is 0 Å². The van der Waals surface area contributed by atoms with Crippen LogP contribution in [0.2, 0.25) is 0 Å². The van der Waals surface area contributed by atoms with Gasteiger partial charge in [-0.1, -0.05) is 0 Å². The zero-order chi connectivity index (χ0) is 19.1. The Morgan fingerprint density at radius 2 is 1.46 bits per heavy atom. The molecule has 7 heteroatoms. The number of nitrogens with one attached hydrogen (secondary N) is 1. The van der Waals surface area contributed by atoms with E-state index in [1.165, 1.54) is 14.2 Å². The summed E-state index contributed by atoms with van der Waals surface area (Å²) in [5.41, 5.74) is 4.24. The highest BCUT2D eigenvalue weighted by atomic mass is 16.5. The van der Waals surface area contributed by atoms with Gasteiger partial charge in [-0.2, -0.15) is 5.10 Å². The molecule has 2 aromatic rings. The summed E-state index contributed by atoms with van der Waals surface area (Å²) in [7, 11) is 6.19. The minimum absolute atomic E-state index is 0.374. The van der Waals surface area contributed by atoms with Crippen LogP contribution in [0, 0.1) is 0 Å². The van der Waals surface area contributed by atoms with E-state index in [0.29, 0.717) is 34.3 Å². The Morgan fingerprint density at radius 1 is 0.846 bits per heavy atom. The summed E-state index contributed by atoms with van der Waals surface area (Å²) in [6.45, 7) is 1.77. The monoisotopic (exact) mass is 358 g/mol. The molecule has 2 aromatic carbocycles. The van der Waals surface area contributed by atoms with Crippen molar-refractivity contribution in [1.29, 1.82) is 0 Å². The molecule has 0 aliphatic heterocycles. The molecule has 0 saturated carbocycles. The van der Waals surface area contributed by atoms with Crippen LogP contribution in [0.5, 0.6) is 23.0 Å². The normalized spacial score (nSPS) is 10.9. The summed E-state index contributed by atoms with van der Waals surface area (Å²) in [6, 6.07) is 10.3. The fourth-order valence-corrected chi connectivity index (χ4v) is 2.30. The Kier molecular flexibility index (Phi) is 6.43. The third-order valence-corrected chi connectivity index (χ3v) is 3.74. The number of ether oxygens (including phenoxy) is 4. The lowest BCUT2D eigenvalue weighted by Crippen LogP contribution is -2.19. The number of hydrogen-bond acceptors (Lipinski definition) is 6. The number of rotatable bonds is 7. The van der Waals surface area contributed by atoms with Crippen molar-refractivity contribution in [3.8, 4) is 23.0 Å². The molecule has 0 aromatic heterocycles. The van der Waals surface area contributed by atoms with Crippen LogP contribution in [0.3, 0.4) is 0 Å². The quantitative estimate of drug-likeness (QED) is 0.608. The molecule has 138 valence electrons. The number of benzene rings is 2. The van der Waals surface area contributed by atoms with Gasteiger partial charge in [0.25, 0.3) is 5.91 Å². The fraction of sp³-hybridized carbons (Fsp3) is 0.263. The number of carbonyl (C=O) groups is 1. The molecule has 2 rings (SSSR count). The summed E-state index contributed by atoms with van der Waals surface area (Å²) in [5.74, 6) is 1.93. The van der Waals surface area contributed by atoms with E-state index in [1.807, 2.05) is 6.07 Å². The average Bonchev–Trinajstić information content (AvgIpc) is 2.70. The SMILES string of the molecule is COc1cc(OC)cc(C(=O)N/N=C(/C)c2ccc(OC)cc2OC)c1. The summed E-state index contributed by atoms with van der Waals surface area (Å²) < 4.78 is 20.9. The Morgan fingerprint density at radius 3 is 2.00 bits per heavy atom. The Bertz CT molecular complexity index is 795. The van der Waals surface area contributed by atoms with Gasteiger partial charge in [-0.15, -0.1) is 0 Å². The van der Waals surface area contributed by atoms with Crippen molar-refractivity contribution in [3.05, 3.63) is 47.5 Å². The van der Waals surface area contributed by atoms with Gasteiger partial charge in [0, 0.05) is 23.3 Å². The number of methoxy groups -OCH3 is 4. The standard InChI is InChI=1S/C19H22N2O5/c1-12(17-7-6-14(23-2)11-18(17)26-5)20-21-19(22)13-8-15(24-3)10-16(9-13)25-4/h6-11H,1-5H3,(H,21,22)/b20-12-. The molecule has 0 saturated heterocycles. The molecule has 7 nitrogen and oxygen atoms in total. The van der Waals surface area contributed by atoms with Gasteiger partial charge < -0.3 is 18.9 Å². The first-order valence-electron chi connectivity index (χ1n) is 7.82. The molecule has 0 aliphatic rings. The highest BCUT2D eigenvalue weighted by molar-refractivity contribution is 6.03. The number of hydrazone groups is 1. The van der Waals surface area contributed by atoms with E-state index in [4.69, 9.17) is 18.9 Å². The topological polar surface area (TPSA) is 78.4 Å².